The number of aromatic nitrogens is 4. The van der Waals surface area contributed by atoms with Crippen molar-refractivity contribution < 1.29 is 76.5 Å². The molecule has 8 nitrogen and oxygen atoms in total. The number of rotatable bonds is 20. The molecule has 2 aliphatic carbocycles. The average molecular weight is 1930 g/mol. The minimum Gasteiger partial charge on any atom is -0.512 e. The van der Waals surface area contributed by atoms with Crippen LogP contribution in [0.25, 0.3) is 88.1 Å². The smallest absolute Gasteiger partial charge is 0.162 e. The van der Waals surface area contributed by atoms with Crippen LogP contribution in [0.3, 0.4) is 0 Å². The number of fused-ring (bicyclic) bond motifs is 4. The van der Waals surface area contributed by atoms with Gasteiger partial charge >= 0.3 is 0 Å². The van der Waals surface area contributed by atoms with Gasteiger partial charge in [-0.15, -0.1) is 140 Å². The first-order valence-electron chi connectivity index (χ1n) is 47.7. The Bertz CT molecular complexity index is 5910. The molecule has 2 radical (unpaired) electrons. The van der Waals surface area contributed by atoms with Crippen molar-refractivity contribution in [1.29, 1.82) is 0 Å². The van der Waals surface area contributed by atoms with E-state index in [0.717, 1.165) is 158 Å². The quantitative estimate of drug-likeness (QED) is 0.0439. The van der Waals surface area contributed by atoms with E-state index in [1.165, 1.54) is 72.9 Å². The number of nitrogens with zero attached hydrogens (tertiary/aromatic N) is 4. The van der Waals surface area contributed by atoms with E-state index in [0.29, 0.717) is 45.9 Å². The van der Waals surface area contributed by atoms with Gasteiger partial charge in [0.2, 0.25) is 0 Å². The number of aliphatic hydroxyl groups excluding tert-OH is 2. The van der Waals surface area contributed by atoms with E-state index < -0.39 is 13.7 Å². The first-order chi connectivity index (χ1) is 60.1. The third kappa shape index (κ3) is 26.1. The fourth-order valence-corrected chi connectivity index (χ4v) is 15.7. The predicted octanol–water partition coefficient (Wildman–Crippen LogP) is 29.3. The molecule has 0 amide bonds. The summed E-state index contributed by atoms with van der Waals surface area (Å²) in [6, 6.07) is 56.4. The van der Waals surface area contributed by atoms with Crippen LogP contribution in [0, 0.1) is 117 Å². The van der Waals surface area contributed by atoms with Crippen LogP contribution >= 0.6 is 0 Å². The second-order valence-corrected chi connectivity index (χ2v) is 31.8. The Morgan fingerprint density at radius 2 is 0.744 bits per heavy atom. The number of ketones is 2. The van der Waals surface area contributed by atoms with Crippen molar-refractivity contribution in [3.05, 3.63) is 285 Å². The molecule has 8 aromatic carbocycles. The first kappa shape index (κ1) is 78.0. The Morgan fingerprint density at radius 3 is 1.15 bits per heavy atom. The molecule has 4 aromatic heterocycles. The van der Waals surface area contributed by atoms with Crippen molar-refractivity contribution in [3.8, 4) is 45.0 Å². The average Bonchev–Trinajstić information content (AvgIpc) is 1.25. The van der Waals surface area contributed by atoms with Crippen molar-refractivity contribution in [2.45, 2.75) is 246 Å². The van der Waals surface area contributed by atoms with Gasteiger partial charge in [0.05, 0.1) is 14.0 Å². The summed E-state index contributed by atoms with van der Waals surface area (Å²) in [6.07, 6.45) is 19.9. The summed E-state index contributed by atoms with van der Waals surface area (Å²) in [5.41, 5.74) is 16.8. The van der Waals surface area contributed by atoms with Crippen molar-refractivity contribution in [1.82, 2.24) is 19.9 Å². The summed E-state index contributed by atoms with van der Waals surface area (Å²) in [7, 11) is 0. The van der Waals surface area contributed by atoms with Gasteiger partial charge in [-0.05, 0) is 204 Å². The maximum absolute atomic E-state index is 11.9. The van der Waals surface area contributed by atoms with Crippen LogP contribution in [0.4, 0.5) is 0 Å². The van der Waals surface area contributed by atoms with Crippen LogP contribution in [0.15, 0.2) is 194 Å². The minimum absolute atomic E-state index is 0. The van der Waals surface area contributed by atoms with Crippen LogP contribution < -0.4 is 0 Å². The largest absolute Gasteiger partial charge is 0.512 e. The monoisotopic (exact) mass is 1930 g/mol. The van der Waals surface area contributed by atoms with Gasteiger partial charge < -0.3 is 30.1 Å². The Morgan fingerprint density at radius 1 is 0.410 bits per heavy atom. The van der Waals surface area contributed by atoms with E-state index >= 15 is 0 Å². The molecule has 2 aliphatic rings. The Labute approximate surface area is 745 Å². The Hall–Kier alpha value is -8.88. The van der Waals surface area contributed by atoms with E-state index in [1.807, 2.05) is 152 Å². The van der Waals surface area contributed by atoms with Crippen LogP contribution in [-0.4, -0.2) is 41.7 Å². The number of allylic oxidation sites excluding steroid dienone is 4. The second kappa shape index (κ2) is 45.9. The maximum Gasteiger partial charge on any atom is 0.162 e. The molecule has 0 saturated heterocycles. The predicted molar refractivity (Wildman–Crippen MR) is 486 cm³/mol. The Balaban J connectivity index is 0.000000215. The van der Waals surface area contributed by atoms with Gasteiger partial charge in [-0.3, -0.25) is 9.59 Å². The van der Waals surface area contributed by atoms with Crippen molar-refractivity contribution >= 4 is 54.7 Å². The molecule has 2 saturated carbocycles. The number of carbonyl (C=O) groups excluding carboxylic acids is 2. The van der Waals surface area contributed by atoms with Gasteiger partial charge in [-0.2, -0.15) is 0 Å². The number of hydrogen-bond donors (Lipinski definition) is 2. The molecule has 10 heteroatoms. The molecule has 0 aliphatic heterocycles. The van der Waals surface area contributed by atoms with Crippen LogP contribution in [0.1, 0.15) is 260 Å². The molecule has 0 bridgehead atoms. The molecule has 620 valence electrons. The molecule has 0 atom stereocenters. The van der Waals surface area contributed by atoms with Gasteiger partial charge in [-0.1, -0.05) is 227 Å². The molecule has 14 rings (SSSR count). The van der Waals surface area contributed by atoms with Crippen LogP contribution in [-0.2, 0) is 49.8 Å². The number of aryl methyl sites for hydroxylation is 10. The SMILES string of the molecule is CCC(CC)C(=O)C=C(O)C(C)(CC)CC.CCC(CC)C(=O)C=C(O)C(CC)CC.[2H]c1cc2cc(C)ccc2c(-c2[c-]c(C)cc(C)c2)n1.[2H]c1cc2cc(C3CCCC3)ccc2c(-c2[c-]c(C)cc(C([2H])([2H])[2H])c2)n1.[2H]c1nc(-c2[c-]c(C([2H])([2H])[2H])cc(C)c2)c2ccc(C3CCCC3)cc2c1[2H].[2H]c1nc(-c2[c-]c(C)cc(C)c2)c2ccc(C)cc2c1[2H].[Ir].[Ir]. The van der Waals surface area contributed by atoms with Gasteiger partial charge in [0.1, 0.15) is 5.76 Å². The third-order valence-corrected chi connectivity index (χ3v) is 22.9. The first-order valence-corrected chi connectivity index (χ1v) is 41.7. The summed E-state index contributed by atoms with van der Waals surface area (Å²) in [5.74, 6) is 2.03. The van der Waals surface area contributed by atoms with Gasteiger partial charge in [0.15, 0.2) is 11.6 Å². The van der Waals surface area contributed by atoms with E-state index in [4.69, 9.17) is 16.4 Å². The van der Waals surface area contributed by atoms with E-state index in [2.05, 4.69) is 119 Å². The standard InChI is InChI=1S/2C22H22N.2C18H16N.C14H26O2.C13H24O2.2Ir/c2*1-15-11-16(2)13-20(12-15)22-21-8-7-18(17-5-3-4-6-17)14-19(21)9-10-23-22;2*1-12-4-5-17-15(9-12)6-7-19-18(17)16-10-13(2)8-14(3)11-16;1-6-11(7-2)12(15)10-13(16)14(5,8-3)9-4;1-5-10(6-2)12(14)9-13(15)11(7-3)8-4;;/h2*7-12,14,17H,3-6H2,1-2H3;2*4-10H,1-3H3;10-11,16H,6-9H2,1-5H3;9-11,14H,5-8H2,1-4H3;;/q4*-1;;;;/i2D3,9D,10D;1D3,10D;6D,7D;7D;;;;. The van der Waals surface area contributed by atoms with Crippen LogP contribution in [0.2, 0.25) is 0 Å². The molecule has 0 unspecified atom stereocenters. The molecule has 2 fully saturated rings. The second-order valence-electron chi connectivity index (χ2n) is 31.8. The van der Waals surface area contributed by atoms with E-state index in [1.54, 1.807) is 24.3 Å². The molecular weight excluding hydrogens is 1790 g/mol. The number of carbonyl (C=O) groups is 2. The van der Waals surface area contributed by atoms with E-state index in [9.17, 15) is 19.8 Å². The molecule has 2 N–H and O–H groups in total. The number of benzene rings is 8. The van der Waals surface area contributed by atoms with E-state index in [-0.39, 0.29) is 128 Å². The summed E-state index contributed by atoms with van der Waals surface area (Å²) >= 11 is 0. The Kier molecular flexibility index (Phi) is 30.6. The minimum atomic E-state index is -2.26. The fourth-order valence-electron chi connectivity index (χ4n) is 15.7. The number of pyridine rings is 4. The van der Waals surface area contributed by atoms with Crippen molar-refractivity contribution in [3.63, 3.8) is 0 Å². The molecule has 12 aromatic rings. The maximum atomic E-state index is 11.9. The zero-order valence-electron chi connectivity index (χ0n) is 83.7. The third-order valence-electron chi connectivity index (χ3n) is 22.9. The molecule has 117 heavy (non-hydrogen) atoms. The van der Waals surface area contributed by atoms with Crippen molar-refractivity contribution in [2.24, 2.45) is 23.2 Å². The summed E-state index contributed by atoms with van der Waals surface area (Å²) < 4.78 is 94.9. The summed E-state index contributed by atoms with van der Waals surface area (Å²) in [4.78, 5) is 41.1. The van der Waals surface area contributed by atoms with Crippen molar-refractivity contribution in [2.75, 3.05) is 0 Å². The zero-order valence-corrected chi connectivity index (χ0v) is 76.5. The molecule has 4 heterocycles. The van der Waals surface area contributed by atoms with Gasteiger partial charge in [0, 0.05) is 108 Å². The van der Waals surface area contributed by atoms with Crippen LogP contribution in [0.5, 0.6) is 0 Å². The van der Waals surface area contributed by atoms with Gasteiger partial charge in [-0.25, -0.2) is 0 Å². The number of aliphatic hydroxyl groups is 2. The molecule has 0 spiro atoms. The summed E-state index contributed by atoms with van der Waals surface area (Å²) in [6.45, 7) is 29.6. The fraction of sp³-hybridized carbons (Fsp3) is 0.383. The zero-order chi connectivity index (χ0) is 93.3. The normalized spacial score (nSPS) is 14.7. The van der Waals surface area contributed by atoms with Gasteiger partial charge in [0.25, 0.3) is 0 Å². The molecular formula is C107H126Ir2N4O4-4. The topological polar surface area (TPSA) is 126 Å². The summed E-state index contributed by atoms with van der Waals surface area (Å²) in [5, 5.41) is 27.0. The number of hydrogen-bond acceptors (Lipinski definition) is 8.